The number of carbonyl (C=O) groups is 1. The third-order valence-corrected chi connectivity index (χ3v) is 3.74. The van der Waals surface area contributed by atoms with E-state index in [9.17, 15) is 14.5 Å². The Hall–Kier alpha value is -1.08. The van der Waals surface area contributed by atoms with E-state index in [2.05, 4.69) is 19.1 Å². The van der Waals surface area contributed by atoms with Gasteiger partial charge in [0.15, 0.2) is 5.85 Å². The number of aliphatic hydroxyl groups is 1. The van der Waals surface area contributed by atoms with E-state index in [1.165, 1.54) is 24.3 Å². The van der Waals surface area contributed by atoms with Crippen molar-refractivity contribution in [2.75, 3.05) is 13.2 Å². The minimum absolute atomic E-state index is 0.121. The Bertz CT molecular complexity index is 447. The summed E-state index contributed by atoms with van der Waals surface area (Å²) in [4.78, 5) is 19.8. The van der Waals surface area contributed by atoms with Gasteiger partial charge in [0.1, 0.15) is 6.29 Å². The van der Waals surface area contributed by atoms with Crippen molar-refractivity contribution in [3.05, 3.63) is 35.4 Å². The van der Waals surface area contributed by atoms with Gasteiger partial charge in [-0.25, -0.2) is 9.78 Å². The molecule has 1 rings (SSSR count). The molecule has 0 spiro atoms. The van der Waals surface area contributed by atoms with E-state index in [1.807, 2.05) is 0 Å². The zero-order valence-electron chi connectivity index (χ0n) is 11.2. The Balaban J connectivity index is 2.92. The maximum atomic E-state index is 12.4. The van der Waals surface area contributed by atoms with Crippen LogP contribution in [0.2, 0.25) is 0 Å². The van der Waals surface area contributed by atoms with Crippen LogP contribution in [0.5, 0.6) is 0 Å². The Morgan fingerprint density at radius 3 is 2.05 bits per heavy atom. The molecule has 0 heterocycles. The van der Waals surface area contributed by atoms with Crippen LogP contribution in [0.4, 0.5) is 0 Å². The molecule has 0 aromatic heterocycles. The van der Waals surface area contributed by atoms with Crippen LogP contribution in [-0.4, -0.2) is 24.6 Å². The molecule has 0 aliphatic carbocycles. The number of hydrogen-bond acceptors (Lipinski definition) is 7. The molecule has 0 amide bonds. The lowest BCUT2D eigenvalue weighted by Crippen LogP contribution is -2.07. The lowest BCUT2D eigenvalue weighted by atomic mass is 10.2. The Kier molecular flexibility index (Phi) is 7.01. The average molecular weight is 304 g/mol. The van der Waals surface area contributed by atoms with E-state index >= 15 is 0 Å². The van der Waals surface area contributed by atoms with Crippen LogP contribution in [0.15, 0.2) is 24.3 Å². The van der Waals surface area contributed by atoms with E-state index in [0.29, 0.717) is 11.8 Å². The zero-order chi connectivity index (χ0) is 15.0. The summed E-state index contributed by atoms with van der Waals surface area (Å²) in [6.45, 7) is 3.49. The van der Waals surface area contributed by atoms with Crippen LogP contribution in [0, 0.1) is 0 Å². The standard InChI is InChI=1S/C12H17O7P/c1-3-16-18-20(15,19-17-4-2)12(14)11-7-5-10(9-13)6-8-11/h5-9,12,14H,3-4H2,1-2H3. The molecule has 0 fully saturated rings. The summed E-state index contributed by atoms with van der Waals surface area (Å²) in [6, 6.07) is 5.81. The molecule has 1 aromatic rings. The predicted octanol–water partition coefficient (Wildman–Crippen LogP) is 2.62. The van der Waals surface area contributed by atoms with Crippen LogP contribution in [0.1, 0.15) is 35.6 Å². The molecule has 112 valence electrons. The molecule has 1 unspecified atom stereocenters. The van der Waals surface area contributed by atoms with E-state index in [-0.39, 0.29) is 18.8 Å². The van der Waals surface area contributed by atoms with Gasteiger partial charge < -0.3 is 5.11 Å². The number of rotatable bonds is 9. The van der Waals surface area contributed by atoms with Crippen molar-refractivity contribution >= 4 is 13.9 Å². The second-order valence-corrected chi connectivity index (χ2v) is 5.53. The molecular weight excluding hydrogens is 287 g/mol. The summed E-state index contributed by atoms with van der Waals surface area (Å²) in [5.74, 6) is -1.60. The normalized spacial score (nSPS) is 13.2. The fourth-order valence-corrected chi connectivity index (χ4v) is 2.51. The molecule has 0 radical (unpaired) electrons. The highest BCUT2D eigenvalue weighted by atomic mass is 31.2. The highest BCUT2D eigenvalue weighted by Crippen LogP contribution is 2.59. The van der Waals surface area contributed by atoms with Crippen LogP contribution in [-0.2, 0) is 23.7 Å². The van der Waals surface area contributed by atoms with Gasteiger partial charge >= 0.3 is 7.60 Å². The molecule has 1 N–H and O–H groups in total. The van der Waals surface area contributed by atoms with Crippen molar-refractivity contribution in [3.8, 4) is 0 Å². The maximum absolute atomic E-state index is 12.4. The smallest absolute Gasteiger partial charge is 0.376 e. The van der Waals surface area contributed by atoms with Gasteiger partial charge in [-0.2, -0.15) is 0 Å². The van der Waals surface area contributed by atoms with Gasteiger partial charge in [-0.1, -0.05) is 24.3 Å². The van der Waals surface area contributed by atoms with Gasteiger partial charge in [-0.05, 0) is 19.4 Å². The predicted molar refractivity (Wildman–Crippen MR) is 69.8 cm³/mol. The molecule has 0 bridgehead atoms. The molecule has 0 aliphatic rings. The van der Waals surface area contributed by atoms with E-state index in [1.54, 1.807) is 13.8 Å². The van der Waals surface area contributed by atoms with Crippen molar-refractivity contribution in [1.82, 2.24) is 0 Å². The Morgan fingerprint density at radius 2 is 1.65 bits per heavy atom. The molecule has 0 aliphatic heterocycles. The van der Waals surface area contributed by atoms with Crippen molar-refractivity contribution in [1.29, 1.82) is 0 Å². The molecule has 0 saturated carbocycles. The summed E-state index contributed by atoms with van der Waals surface area (Å²) >= 11 is 0. The van der Waals surface area contributed by atoms with E-state index in [0.717, 1.165) is 0 Å². The second kappa shape index (κ2) is 8.26. The monoisotopic (exact) mass is 304 g/mol. The van der Waals surface area contributed by atoms with Gasteiger partial charge in [0.25, 0.3) is 0 Å². The largest absolute Gasteiger partial charge is 0.416 e. The van der Waals surface area contributed by atoms with Crippen LogP contribution in [0.25, 0.3) is 0 Å². The summed E-state index contributed by atoms with van der Waals surface area (Å²) in [6.07, 6.45) is 0.656. The Morgan fingerprint density at radius 1 is 1.15 bits per heavy atom. The topological polar surface area (TPSA) is 91.3 Å². The van der Waals surface area contributed by atoms with Crippen LogP contribution in [0.3, 0.4) is 0 Å². The quantitative estimate of drug-likeness (QED) is 0.324. The van der Waals surface area contributed by atoms with Gasteiger partial charge in [-0.3, -0.25) is 9.36 Å². The first-order valence-corrected chi connectivity index (χ1v) is 7.64. The number of benzene rings is 1. The zero-order valence-corrected chi connectivity index (χ0v) is 12.1. The Labute approximate surface area is 116 Å². The third kappa shape index (κ3) is 4.49. The molecular formula is C12H17O7P. The minimum Gasteiger partial charge on any atom is -0.376 e. The summed E-state index contributed by atoms with van der Waals surface area (Å²) in [5.41, 5.74) is 0.672. The first-order chi connectivity index (χ1) is 9.57. The van der Waals surface area contributed by atoms with E-state index < -0.39 is 13.4 Å². The van der Waals surface area contributed by atoms with Gasteiger partial charge in [0, 0.05) is 5.56 Å². The summed E-state index contributed by atoms with van der Waals surface area (Å²) in [5, 5.41) is 10.1. The van der Waals surface area contributed by atoms with E-state index in [4.69, 9.17) is 0 Å². The number of aliphatic hydroxyl groups excluding tert-OH is 1. The van der Waals surface area contributed by atoms with Gasteiger partial charge in [0.2, 0.25) is 0 Å². The molecule has 0 saturated heterocycles. The highest BCUT2D eigenvalue weighted by Gasteiger charge is 2.39. The molecule has 7 nitrogen and oxygen atoms in total. The van der Waals surface area contributed by atoms with Crippen molar-refractivity contribution < 1.29 is 33.6 Å². The number of carbonyl (C=O) groups excluding carboxylic acids is 1. The minimum atomic E-state index is -4.07. The lowest BCUT2D eigenvalue weighted by Gasteiger charge is -2.20. The third-order valence-electron chi connectivity index (χ3n) is 2.22. The number of aldehydes is 1. The SMILES string of the molecule is CCOOP(=O)(OOCC)C(O)c1ccc(C=O)cc1. The number of hydrogen-bond donors (Lipinski definition) is 1. The van der Waals surface area contributed by atoms with Crippen molar-refractivity contribution in [3.63, 3.8) is 0 Å². The highest BCUT2D eigenvalue weighted by molar-refractivity contribution is 7.53. The van der Waals surface area contributed by atoms with Crippen molar-refractivity contribution in [2.45, 2.75) is 19.7 Å². The van der Waals surface area contributed by atoms with Gasteiger partial charge in [0.05, 0.1) is 13.2 Å². The molecule has 1 atom stereocenters. The summed E-state index contributed by atoms with van der Waals surface area (Å²) < 4.78 is 21.7. The second-order valence-electron chi connectivity index (χ2n) is 3.66. The van der Waals surface area contributed by atoms with Crippen molar-refractivity contribution in [2.24, 2.45) is 0 Å². The van der Waals surface area contributed by atoms with Crippen LogP contribution < -0.4 is 0 Å². The molecule has 20 heavy (non-hydrogen) atoms. The lowest BCUT2D eigenvalue weighted by molar-refractivity contribution is -0.268. The molecule has 8 heteroatoms. The maximum Gasteiger partial charge on any atom is 0.416 e. The van der Waals surface area contributed by atoms with Gasteiger partial charge in [-0.15, -0.1) is 9.35 Å². The first kappa shape index (κ1) is 17.0. The average Bonchev–Trinajstić information content (AvgIpc) is 2.50. The van der Waals surface area contributed by atoms with Crippen LogP contribution >= 0.6 is 7.60 Å². The fourth-order valence-electron chi connectivity index (χ4n) is 1.28. The summed E-state index contributed by atoms with van der Waals surface area (Å²) in [7, 11) is -4.07. The molecule has 1 aromatic carbocycles. The first-order valence-electron chi connectivity index (χ1n) is 6.02. The fraction of sp³-hybridized carbons (Fsp3) is 0.417.